The van der Waals surface area contributed by atoms with Gasteiger partial charge in [0.15, 0.2) is 5.96 Å². The number of amides is 3. The number of benzene rings is 4. The van der Waals surface area contributed by atoms with Crippen LogP contribution in [0.3, 0.4) is 0 Å². The molecule has 1 saturated carbocycles. The van der Waals surface area contributed by atoms with Crippen LogP contribution in [0.25, 0.3) is 10.8 Å². The van der Waals surface area contributed by atoms with Gasteiger partial charge in [0.1, 0.15) is 18.2 Å². The highest BCUT2D eigenvalue weighted by Crippen LogP contribution is 2.40. The molecule has 2 saturated heterocycles. The molecule has 0 bridgehead atoms. The molecule has 1 aliphatic carbocycles. The van der Waals surface area contributed by atoms with Crippen molar-refractivity contribution < 1.29 is 14.4 Å². The first kappa shape index (κ1) is 35.2. The minimum absolute atomic E-state index is 0.00658. The van der Waals surface area contributed by atoms with Crippen LogP contribution in [-0.4, -0.2) is 64.3 Å². The van der Waals surface area contributed by atoms with Crippen molar-refractivity contribution in [3.63, 3.8) is 0 Å². The molecule has 6 atom stereocenters. The topological polar surface area (TPSA) is 134 Å². The fourth-order valence-electron chi connectivity index (χ4n) is 8.80. The Labute approximate surface area is 306 Å². The van der Waals surface area contributed by atoms with Crippen molar-refractivity contribution in [2.45, 2.75) is 94.4 Å². The minimum atomic E-state index is -0.796. The number of carbonyl (C=O) groups excluding carboxylic acids is 3. The second kappa shape index (κ2) is 16.0. The van der Waals surface area contributed by atoms with Gasteiger partial charge >= 0.3 is 0 Å². The summed E-state index contributed by atoms with van der Waals surface area (Å²) in [4.78, 5) is 51.1. The van der Waals surface area contributed by atoms with Crippen molar-refractivity contribution in [3.8, 4) is 0 Å². The van der Waals surface area contributed by atoms with Gasteiger partial charge in [-0.3, -0.25) is 19.4 Å². The summed E-state index contributed by atoms with van der Waals surface area (Å²) >= 11 is 0. The van der Waals surface area contributed by atoms with Crippen LogP contribution in [0.4, 0.5) is 0 Å². The third-order valence-corrected chi connectivity index (χ3v) is 11.4. The molecule has 0 spiro atoms. The number of fused-ring (bicyclic) bond motifs is 2. The van der Waals surface area contributed by atoms with Crippen molar-refractivity contribution in [1.29, 1.82) is 0 Å². The number of aliphatic imine (C=N–C) groups is 1. The van der Waals surface area contributed by atoms with E-state index in [9.17, 15) is 14.4 Å². The van der Waals surface area contributed by atoms with Gasteiger partial charge in [-0.05, 0) is 91.2 Å². The zero-order valence-electron chi connectivity index (χ0n) is 29.8. The lowest BCUT2D eigenvalue weighted by Gasteiger charge is -2.32. The summed E-state index contributed by atoms with van der Waals surface area (Å²) < 4.78 is 0. The molecule has 0 radical (unpaired) electrons. The number of guanidine groups is 1. The predicted octanol–water partition coefficient (Wildman–Crippen LogP) is 5.67. The zero-order valence-corrected chi connectivity index (χ0v) is 29.8. The summed E-state index contributed by atoms with van der Waals surface area (Å²) in [7, 11) is 0. The molecule has 9 heteroatoms. The number of carbonyl (C=O) groups is 3. The van der Waals surface area contributed by atoms with Crippen molar-refractivity contribution in [1.82, 2.24) is 15.1 Å². The molecule has 2 heterocycles. The third kappa shape index (κ3) is 7.83. The quantitative estimate of drug-likeness (QED) is 0.0941. The predicted molar refractivity (Wildman–Crippen MR) is 205 cm³/mol. The molecule has 0 aromatic heterocycles. The highest BCUT2D eigenvalue weighted by Gasteiger charge is 2.54. The molecule has 270 valence electrons. The number of nitrogens with one attached hydrogen (secondary N) is 1. The average molecular weight is 699 g/mol. The van der Waals surface area contributed by atoms with E-state index < -0.39 is 12.1 Å². The number of nitrogens with two attached hydrogens (primary N) is 2. The van der Waals surface area contributed by atoms with Crippen LogP contribution in [0.2, 0.25) is 0 Å². The molecule has 9 nitrogen and oxygen atoms in total. The minimum Gasteiger partial charge on any atom is -0.370 e. The van der Waals surface area contributed by atoms with Crippen LogP contribution in [0.15, 0.2) is 108 Å². The van der Waals surface area contributed by atoms with E-state index in [1.54, 1.807) is 0 Å². The summed E-state index contributed by atoms with van der Waals surface area (Å²) in [6.07, 6.45) is 6.67. The Morgan fingerprint density at radius 3 is 2.31 bits per heavy atom. The smallest absolute Gasteiger partial charge is 0.247 e. The molecule has 5 N–H and O–H groups in total. The molecule has 52 heavy (non-hydrogen) atoms. The Balaban J connectivity index is 1.11. The van der Waals surface area contributed by atoms with Crippen LogP contribution in [0.5, 0.6) is 0 Å². The van der Waals surface area contributed by atoms with E-state index in [-0.39, 0.29) is 41.8 Å². The normalized spacial score (nSPS) is 23.1. The van der Waals surface area contributed by atoms with Gasteiger partial charge in [-0.1, -0.05) is 103 Å². The number of nitrogens with zero attached hydrogens (tertiary/aromatic N) is 3. The maximum absolute atomic E-state index is 14.9. The van der Waals surface area contributed by atoms with Crippen LogP contribution in [-0.2, 0) is 27.2 Å². The largest absolute Gasteiger partial charge is 0.370 e. The van der Waals surface area contributed by atoms with Crippen molar-refractivity contribution in [2.24, 2.45) is 22.4 Å². The van der Waals surface area contributed by atoms with Crippen LogP contribution < -0.4 is 16.8 Å². The van der Waals surface area contributed by atoms with Crippen LogP contribution in [0, 0.1) is 5.92 Å². The van der Waals surface area contributed by atoms with Gasteiger partial charge < -0.3 is 26.6 Å². The van der Waals surface area contributed by atoms with Gasteiger partial charge in [-0.2, -0.15) is 0 Å². The number of hydrogen-bond acceptors (Lipinski definition) is 4. The summed E-state index contributed by atoms with van der Waals surface area (Å²) in [5.41, 5.74) is 14.6. The number of aryl methyl sites for hydroxylation is 1. The van der Waals surface area contributed by atoms with E-state index in [2.05, 4.69) is 58.8 Å². The first-order chi connectivity index (χ1) is 25.4. The summed E-state index contributed by atoms with van der Waals surface area (Å²) in [5, 5.41) is 5.63. The van der Waals surface area contributed by atoms with Gasteiger partial charge in [-0.15, -0.1) is 0 Å². The number of rotatable bonds is 13. The Hall–Kier alpha value is -5.18. The first-order valence-corrected chi connectivity index (χ1v) is 18.9. The maximum atomic E-state index is 14.9. The van der Waals surface area contributed by atoms with Crippen molar-refractivity contribution >= 4 is 34.5 Å². The molecule has 3 fully saturated rings. The standard InChI is InChI=1S/C43H50N6O3/c44-43(45)46-25-9-16-38-42(52)48-36(22-18-30-17-19-32-14-7-8-15-33(32)26-30)23-24-39(48)49(38)41(51)37(27-29-10-3-1-4-11-29)47-40(50)35-21-20-34(28-35)31-12-5-2-6-13-31/h1-8,10-15,17,19,26,34-39H,9,16,18,20-25,27-28H2,(H,47,50)(H4,44,45,46)/t34-,35+,36?,37+,38?,39?/m0/s1. The lowest BCUT2D eigenvalue weighted by molar-refractivity contribution is -0.141. The van der Waals surface area contributed by atoms with Gasteiger partial charge in [0, 0.05) is 24.9 Å². The lowest BCUT2D eigenvalue weighted by Crippen LogP contribution is -2.55. The molecule has 2 aliphatic heterocycles. The summed E-state index contributed by atoms with van der Waals surface area (Å²) in [6.45, 7) is 0.374. The Bertz CT molecular complexity index is 1890. The van der Waals surface area contributed by atoms with Crippen molar-refractivity contribution in [2.75, 3.05) is 6.54 Å². The Morgan fingerprint density at radius 2 is 1.54 bits per heavy atom. The number of hydrogen-bond donors (Lipinski definition) is 3. The molecule has 4 aromatic rings. The van der Waals surface area contributed by atoms with E-state index >= 15 is 0 Å². The fraction of sp³-hybridized carbons (Fsp3) is 0.395. The Morgan fingerprint density at radius 1 is 0.808 bits per heavy atom. The molecular weight excluding hydrogens is 649 g/mol. The van der Waals surface area contributed by atoms with E-state index in [1.807, 2.05) is 64.4 Å². The molecular formula is C43H50N6O3. The summed E-state index contributed by atoms with van der Waals surface area (Å²) in [5.74, 6) is -0.141. The average Bonchev–Trinajstić information content (AvgIpc) is 3.89. The second-order valence-corrected chi connectivity index (χ2v) is 14.8. The second-order valence-electron chi connectivity index (χ2n) is 14.8. The molecule has 3 unspecified atom stereocenters. The lowest BCUT2D eigenvalue weighted by atomic mass is 9.96. The van der Waals surface area contributed by atoms with Gasteiger partial charge in [-0.25, -0.2) is 0 Å². The van der Waals surface area contributed by atoms with E-state index in [4.69, 9.17) is 11.5 Å². The SMILES string of the molecule is NC(N)=NCCCC1C(=O)N2C(CCc3ccc4ccccc4c3)CCC2N1C(=O)[C@@H](Cc1ccccc1)NC(=O)[C@@H]1CC[C@H](c2ccccc2)C1. The van der Waals surface area contributed by atoms with Crippen molar-refractivity contribution in [3.05, 3.63) is 120 Å². The van der Waals surface area contributed by atoms with Gasteiger partial charge in [0.25, 0.3) is 0 Å². The van der Waals surface area contributed by atoms with Crippen LogP contribution in [0.1, 0.15) is 74.0 Å². The van der Waals surface area contributed by atoms with Crippen LogP contribution >= 0.6 is 0 Å². The first-order valence-electron chi connectivity index (χ1n) is 18.9. The Kier molecular flexibility index (Phi) is 10.8. The van der Waals surface area contributed by atoms with E-state index in [1.165, 1.54) is 21.9 Å². The molecule has 3 amide bonds. The maximum Gasteiger partial charge on any atom is 0.247 e. The zero-order chi connectivity index (χ0) is 36.0. The highest BCUT2D eigenvalue weighted by molar-refractivity contribution is 5.95. The summed E-state index contributed by atoms with van der Waals surface area (Å²) in [6, 6.07) is 33.7. The van der Waals surface area contributed by atoms with Gasteiger partial charge in [0.2, 0.25) is 17.7 Å². The molecule has 7 rings (SSSR count). The highest BCUT2D eigenvalue weighted by atomic mass is 16.2. The molecule has 4 aromatic carbocycles. The fourth-order valence-corrected chi connectivity index (χ4v) is 8.80. The van der Waals surface area contributed by atoms with Gasteiger partial charge in [0.05, 0.1) is 0 Å². The van der Waals surface area contributed by atoms with E-state index in [0.717, 1.165) is 44.1 Å². The monoisotopic (exact) mass is 698 g/mol. The molecule has 3 aliphatic rings. The van der Waals surface area contributed by atoms with E-state index in [0.29, 0.717) is 38.1 Å². The third-order valence-electron chi connectivity index (χ3n) is 11.4.